The lowest BCUT2D eigenvalue weighted by molar-refractivity contribution is -0.140. The van der Waals surface area contributed by atoms with Gasteiger partial charge in [-0.3, -0.25) is 19.3 Å². The van der Waals surface area contributed by atoms with Gasteiger partial charge in [-0.25, -0.2) is 0 Å². The number of ether oxygens (including phenoxy) is 1. The number of carbonyl (C=O) groups is 3. The van der Waals surface area contributed by atoms with Crippen LogP contribution in [0.1, 0.15) is 23.2 Å². The van der Waals surface area contributed by atoms with Crippen molar-refractivity contribution in [3.8, 4) is 0 Å². The van der Waals surface area contributed by atoms with E-state index in [4.69, 9.17) is 0 Å². The zero-order valence-corrected chi connectivity index (χ0v) is 11.7. The van der Waals surface area contributed by atoms with Crippen LogP contribution in [0.4, 0.5) is 5.69 Å². The first kappa shape index (κ1) is 13.6. The second-order valence-electron chi connectivity index (χ2n) is 5.17. The first-order valence-corrected chi connectivity index (χ1v) is 6.91. The molecule has 2 heterocycles. The third kappa shape index (κ3) is 2.16. The Balaban J connectivity index is 2.09. The summed E-state index contributed by atoms with van der Waals surface area (Å²) in [4.78, 5) is 39.9. The van der Waals surface area contributed by atoms with Crippen LogP contribution < -0.4 is 4.90 Å². The Bertz CT molecular complexity index is 613. The molecule has 6 nitrogen and oxygen atoms in total. The summed E-state index contributed by atoms with van der Waals surface area (Å²) in [5.41, 5.74) is 0.937. The summed E-state index contributed by atoms with van der Waals surface area (Å²) in [6, 6.07) is 6.41. The number of anilines is 1. The Morgan fingerprint density at radius 3 is 2.86 bits per heavy atom. The third-order valence-corrected chi connectivity index (χ3v) is 4.00. The highest BCUT2D eigenvalue weighted by Crippen LogP contribution is 2.32. The number of amides is 2. The maximum atomic E-state index is 12.7. The number of benzene rings is 1. The van der Waals surface area contributed by atoms with Crippen LogP contribution in [-0.4, -0.2) is 48.9 Å². The summed E-state index contributed by atoms with van der Waals surface area (Å²) >= 11 is 0. The van der Waals surface area contributed by atoms with E-state index in [1.54, 1.807) is 29.2 Å². The molecule has 0 bridgehead atoms. The highest BCUT2D eigenvalue weighted by Gasteiger charge is 2.42. The van der Waals surface area contributed by atoms with E-state index in [2.05, 4.69) is 4.74 Å². The van der Waals surface area contributed by atoms with Crippen LogP contribution >= 0.6 is 0 Å². The van der Waals surface area contributed by atoms with Crippen LogP contribution in [0.2, 0.25) is 0 Å². The fourth-order valence-corrected chi connectivity index (χ4v) is 2.97. The molecular formula is C15H16N2O4. The fraction of sp³-hybridized carbons (Fsp3) is 0.400. The Morgan fingerprint density at radius 2 is 2.10 bits per heavy atom. The Morgan fingerprint density at radius 1 is 1.33 bits per heavy atom. The first-order valence-electron chi connectivity index (χ1n) is 6.91. The molecule has 0 saturated carbocycles. The van der Waals surface area contributed by atoms with Gasteiger partial charge in [0.15, 0.2) is 0 Å². The van der Waals surface area contributed by atoms with Gasteiger partial charge in [0.25, 0.3) is 5.91 Å². The molecule has 0 N–H and O–H groups in total. The van der Waals surface area contributed by atoms with Crippen LogP contribution in [0.5, 0.6) is 0 Å². The summed E-state index contributed by atoms with van der Waals surface area (Å²) in [5, 5.41) is 0. The molecule has 21 heavy (non-hydrogen) atoms. The summed E-state index contributed by atoms with van der Waals surface area (Å²) in [5.74, 6) is -0.859. The van der Waals surface area contributed by atoms with Gasteiger partial charge in [-0.15, -0.1) is 0 Å². The van der Waals surface area contributed by atoms with Crippen molar-refractivity contribution in [1.82, 2.24) is 4.90 Å². The lowest BCUT2D eigenvalue weighted by Crippen LogP contribution is -2.46. The number of esters is 1. The highest BCUT2D eigenvalue weighted by atomic mass is 16.5. The predicted molar refractivity (Wildman–Crippen MR) is 74.9 cm³/mol. The number of methoxy groups -OCH3 is 1. The number of hydrogen-bond donors (Lipinski definition) is 0. The minimum absolute atomic E-state index is 0.145. The van der Waals surface area contributed by atoms with Crippen LogP contribution in [0.15, 0.2) is 24.3 Å². The van der Waals surface area contributed by atoms with Crippen molar-refractivity contribution in [2.75, 3.05) is 25.1 Å². The normalized spacial score (nSPS) is 20.9. The molecule has 1 aromatic rings. The van der Waals surface area contributed by atoms with Gasteiger partial charge in [-0.05, 0) is 25.0 Å². The summed E-state index contributed by atoms with van der Waals surface area (Å²) in [6.07, 6.45) is 1.44. The lowest BCUT2D eigenvalue weighted by Gasteiger charge is -2.24. The topological polar surface area (TPSA) is 66.9 Å². The van der Waals surface area contributed by atoms with E-state index in [1.807, 2.05) is 0 Å². The van der Waals surface area contributed by atoms with Crippen molar-refractivity contribution in [3.63, 3.8) is 0 Å². The molecule has 2 aliphatic heterocycles. The molecule has 1 aromatic carbocycles. The smallest absolute Gasteiger partial charge is 0.325 e. The number of para-hydroxylation sites is 1. The minimum atomic E-state index is -0.503. The van der Waals surface area contributed by atoms with Gasteiger partial charge >= 0.3 is 5.97 Å². The second kappa shape index (κ2) is 5.20. The quantitative estimate of drug-likeness (QED) is 0.755. The van der Waals surface area contributed by atoms with Gasteiger partial charge < -0.3 is 9.64 Å². The molecule has 0 spiro atoms. The zero-order chi connectivity index (χ0) is 15.0. The third-order valence-electron chi connectivity index (χ3n) is 4.00. The summed E-state index contributed by atoms with van der Waals surface area (Å²) < 4.78 is 4.66. The maximum absolute atomic E-state index is 12.7. The molecule has 2 amide bonds. The molecular weight excluding hydrogens is 272 g/mol. The number of fused-ring (bicyclic) bond motifs is 2. The molecule has 1 saturated heterocycles. The molecule has 0 aromatic heterocycles. The van der Waals surface area contributed by atoms with Crippen molar-refractivity contribution in [2.45, 2.75) is 18.9 Å². The van der Waals surface area contributed by atoms with Gasteiger partial charge in [-0.1, -0.05) is 12.1 Å². The Kier molecular flexibility index (Phi) is 3.37. The van der Waals surface area contributed by atoms with E-state index in [0.717, 1.165) is 6.42 Å². The van der Waals surface area contributed by atoms with E-state index in [1.165, 1.54) is 12.0 Å². The SMILES string of the molecule is COC(=O)CN1C(=O)C2CCCN2C(=O)c2ccccc21. The van der Waals surface area contributed by atoms with Crippen LogP contribution in [0.3, 0.4) is 0 Å². The average molecular weight is 288 g/mol. The summed E-state index contributed by atoms with van der Waals surface area (Å²) in [7, 11) is 1.28. The standard InChI is InChI=1S/C15H16N2O4/c1-21-13(18)9-17-11-6-3-2-5-10(11)14(19)16-8-4-7-12(16)15(17)20/h2-3,5-6,12H,4,7-9H2,1H3. The van der Waals surface area contributed by atoms with Crippen LogP contribution in [0, 0.1) is 0 Å². The highest BCUT2D eigenvalue weighted by molar-refractivity contribution is 6.12. The largest absolute Gasteiger partial charge is 0.468 e. The average Bonchev–Trinajstić information content (AvgIpc) is 2.97. The number of nitrogens with zero attached hydrogens (tertiary/aromatic N) is 2. The van der Waals surface area contributed by atoms with E-state index in [-0.39, 0.29) is 18.4 Å². The molecule has 1 unspecified atom stereocenters. The summed E-state index contributed by atoms with van der Waals surface area (Å²) in [6.45, 7) is 0.402. The van der Waals surface area contributed by atoms with Crippen molar-refractivity contribution < 1.29 is 19.1 Å². The van der Waals surface area contributed by atoms with E-state index in [0.29, 0.717) is 24.2 Å². The van der Waals surface area contributed by atoms with E-state index < -0.39 is 12.0 Å². The van der Waals surface area contributed by atoms with Crippen LogP contribution in [0.25, 0.3) is 0 Å². The maximum Gasteiger partial charge on any atom is 0.325 e. The first-order chi connectivity index (χ1) is 10.1. The van der Waals surface area contributed by atoms with Gasteiger partial charge in [0.2, 0.25) is 5.91 Å². The van der Waals surface area contributed by atoms with Crippen molar-refractivity contribution in [1.29, 1.82) is 0 Å². The molecule has 0 aliphatic carbocycles. The lowest BCUT2D eigenvalue weighted by atomic mass is 10.1. The molecule has 6 heteroatoms. The predicted octanol–water partition coefficient (Wildman–Crippen LogP) is 0.811. The van der Waals surface area contributed by atoms with Gasteiger partial charge in [0.1, 0.15) is 12.6 Å². The van der Waals surface area contributed by atoms with Crippen molar-refractivity contribution in [3.05, 3.63) is 29.8 Å². The van der Waals surface area contributed by atoms with E-state index in [9.17, 15) is 14.4 Å². The Labute approximate surface area is 122 Å². The number of carbonyl (C=O) groups excluding carboxylic acids is 3. The molecule has 2 aliphatic rings. The van der Waals surface area contributed by atoms with E-state index >= 15 is 0 Å². The van der Waals surface area contributed by atoms with Gasteiger partial charge in [0.05, 0.1) is 18.4 Å². The molecule has 3 rings (SSSR count). The minimum Gasteiger partial charge on any atom is -0.468 e. The van der Waals surface area contributed by atoms with Crippen LogP contribution in [-0.2, 0) is 14.3 Å². The number of rotatable bonds is 2. The van der Waals surface area contributed by atoms with Crippen molar-refractivity contribution in [2.24, 2.45) is 0 Å². The fourth-order valence-electron chi connectivity index (χ4n) is 2.97. The Hall–Kier alpha value is -2.37. The van der Waals surface area contributed by atoms with Crippen molar-refractivity contribution >= 4 is 23.5 Å². The molecule has 0 radical (unpaired) electrons. The monoisotopic (exact) mass is 288 g/mol. The number of hydrogen-bond acceptors (Lipinski definition) is 4. The molecule has 1 atom stereocenters. The molecule has 110 valence electrons. The second-order valence-corrected chi connectivity index (χ2v) is 5.17. The van der Waals surface area contributed by atoms with Gasteiger partial charge in [-0.2, -0.15) is 0 Å². The molecule has 1 fully saturated rings. The van der Waals surface area contributed by atoms with Gasteiger partial charge in [0, 0.05) is 6.54 Å². The zero-order valence-electron chi connectivity index (χ0n) is 11.7.